The molecule has 1 N–H and O–H groups in total. The molecule has 0 atom stereocenters. The summed E-state index contributed by atoms with van der Waals surface area (Å²) in [4.78, 5) is 6.40. The number of hydrogen-bond acceptors (Lipinski definition) is 4. The Balaban J connectivity index is 2.42. The number of fused-ring (bicyclic) bond motifs is 1. The molecule has 1 aromatic rings. The number of hydrogen-bond donors (Lipinski definition) is 1. The molecular formula is C10H11N3O2S. The number of benzene rings is 1. The highest BCUT2D eigenvalue weighted by Gasteiger charge is 2.12. The SMILES string of the molecule is CS(=O)(=O)NN1C=CN=Cc2ccccc21. The second-order valence-electron chi connectivity index (χ2n) is 3.37. The molecule has 0 radical (unpaired) electrons. The van der Waals surface area contributed by atoms with Crippen LogP contribution in [0.4, 0.5) is 5.69 Å². The topological polar surface area (TPSA) is 61.8 Å². The summed E-state index contributed by atoms with van der Waals surface area (Å²) in [6.45, 7) is 0. The van der Waals surface area contributed by atoms with Crippen molar-refractivity contribution in [2.75, 3.05) is 11.3 Å². The van der Waals surface area contributed by atoms with Crippen molar-refractivity contribution >= 4 is 21.9 Å². The zero-order valence-electron chi connectivity index (χ0n) is 8.66. The van der Waals surface area contributed by atoms with Crippen LogP contribution in [0, 0.1) is 0 Å². The normalized spacial score (nSPS) is 14.7. The van der Waals surface area contributed by atoms with Gasteiger partial charge in [0.1, 0.15) is 0 Å². The Bertz CT molecular complexity index is 549. The van der Waals surface area contributed by atoms with Gasteiger partial charge in [-0.2, -0.15) is 0 Å². The molecule has 0 aliphatic carbocycles. The van der Waals surface area contributed by atoms with E-state index in [9.17, 15) is 8.42 Å². The number of anilines is 1. The van der Waals surface area contributed by atoms with Gasteiger partial charge in [0.2, 0.25) is 10.0 Å². The molecule has 1 aliphatic rings. The average Bonchev–Trinajstić information content (AvgIpc) is 2.39. The largest absolute Gasteiger partial charge is 0.268 e. The number of sulfonamides is 1. The molecule has 0 amide bonds. The van der Waals surface area contributed by atoms with Crippen molar-refractivity contribution in [2.45, 2.75) is 0 Å². The van der Waals surface area contributed by atoms with Gasteiger partial charge in [-0.25, -0.2) is 8.42 Å². The van der Waals surface area contributed by atoms with Crippen LogP contribution in [-0.2, 0) is 10.0 Å². The fourth-order valence-electron chi connectivity index (χ4n) is 1.38. The first kappa shape index (κ1) is 10.8. The Kier molecular flexibility index (Phi) is 2.76. The molecule has 16 heavy (non-hydrogen) atoms. The van der Waals surface area contributed by atoms with E-state index in [2.05, 4.69) is 9.82 Å². The number of nitrogens with one attached hydrogen (secondary N) is 1. The highest BCUT2D eigenvalue weighted by atomic mass is 32.2. The molecule has 0 saturated heterocycles. The quantitative estimate of drug-likeness (QED) is 0.830. The molecule has 0 spiro atoms. The summed E-state index contributed by atoms with van der Waals surface area (Å²) >= 11 is 0. The van der Waals surface area contributed by atoms with Gasteiger partial charge >= 0.3 is 0 Å². The lowest BCUT2D eigenvalue weighted by molar-refractivity contribution is 0.588. The van der Waals surface area contributed by atoms with E-state index in [1.54, 1.807) is 12.4 Å². The molecule has 6 heteroatoms. The predicted octanol–water partition coefficient (Wildman–Crippen LogP) is 0.861. The Morgan fingerprint density at radius 1 is 1.31 bits per heavy atom. The van der Waals surface area contributed by atoms with Crippen molar-refractivity contribution in [3.63, 3.8) is 0 Å². The van der Waals surface area contributed by atoms with Gasteiger partial charge in [0.05, 0.1) is 11.9 Å². The third-order valence-electron chi connectivity index (χ3n) is 1.98. The lowest BCUT2D eigenvalue weighted by Crippen LogP contribution is -2.38. The number of aliphatic imine (C=N–C) groups is 1. The third-order valence-corrected chi connectivity index (χ3v) is 2.50. The average molecular weight is 237 g/mol. The fraction of sp³-hybridized carbons (Fsp3) is 0.100. The zero-order chi connectivity index (χ0) is 11.6. The lowest BCUT2D eigenvalue weighted by atomic mass is 10.2. The highest BCUT2D eigenvalue weighted by Crippen LogP contribution is 2.19. The molecule has 1 heterocycles. The van der Waals surface area contributed by atoms with E-state index < -0.39 is 10.0 Å². The maximum atomic E-state index is 11.2. The summed E-state index contributed by atoms with van der Waals surface area (Å²) in [6, 6.07) is 7.38. The summed E-state index contributed by atoms with van der Waals surface area (Å²) in [7, 11) is -3.31. The Hall–Kier alpha value is -1.66. The lowest BCUT2D eigenvalue weighted by Gasteiger charge is -2.20. The summed E-state index contributed by atoms with van der Waals surface area (Å²) in [5, 5.41) is 1.43. The minimum absolute atomic E-state index is 0.741. The van der Waals surface area contributed by atoms with E-state index in [0.29, 0.717) is 0 Å². The molecule has 2 rings (SSSR count). The van der Waals surface area contributed by atoms with Gasteiger partial charge in [-0.1, -0.05) is 18.2 Å². The van der Waals surface area contributed by atoms with Gasteiger partial charge in [-0.3, -0.25) is 10.0 Å². The Morgan fingerprint density at radius 3 is 2.81 bits per heavy atom. The minimum atomic E-state index is -3.31. The van der Waals surface area contributed by atoms with Crippen LogP contribution in [0.2, 0.25) is 0 Å². The van der Waals surface area contributed by atoms with E-state index in [1.165, 1.54) is 11.2 Å². The molecule has 0 fully saturated rings. The van der Waals surface area contributed by atoms with Crippen LogP contribution in [0.1, 0.15) is 5.56 Å². The summed E-state index contributed by atoms with van der Waals surface area (Å²) in [5.74, 6) is 0. The molecule has 1 aromatic carbocycles. The summed E-state index contributed by atoms with van der Waals surface area (Å²) in [6.07, 6.45) is 5.87. The van der Waals surface area contributed by atoms with Crippen LogP contribution >= 0.6 is 0 Å². The van der Waals surface area contributed by atoms with Gasteiger partial charge in [0, 0.05) is 24.2 Å². The van der Waals surface area contributed by atoms with Crippen LogP contribution < -0.4 is 9.84 Å². The highest BCUT2D eigenvalue weighted by molar-refractivity contribution is 7.88. The number of rotatable bonds is 2. The van der Waals surface area contributed by atoms with Crippen LogP contribution in [0.5, 0.6) is 0 Å². The standard InChI is InChI=1S/C10H11N3O2S/c1-16(14,15)12-13-7-6-11-8-9-4-2-3-5-10(9)13/h2-8,12H,1H3. The van der Waals surface area contributed by atoms with E-state index in [-0.39, 0.29) is 0 Å². The molecule has 0 saturated carbocycles. The van der Waals surface area contributed by atoms with Crippen molar-refractivity contribution in [3.8, 4) is 0 Å². The van der Waals surface area contributed by atoms with Crippen molar-refractivity contribution in [3.05, 3.63) is 42.2 Å². The summed E-state index contributed by atoms with van der Waals surface area (Å²) in [5.41, 5.74) is 1.59. The van der Waals surface area contributed by atoms with Gasteiger partial charge in [-0.15, -0.1) is 4.83 Å². The van der Waals surface area contributed by atoms with Gasteiger partial charge < -0.3 is 0 Å². The van der Waals surface area contributed by atoms with Crippen LogP contribution in [-0.4, -0.2) is 20.9 Å². The maximum Gasteiger partial charge on any atom is 0.225 e. The number of hydrazine groups is 1. The van der Waals surface area contributed by atoms with E-state index in [0.717, 1.165) is 17.5 Å². The first-order valence-electron chi connectivity index (χ1n) is 4.62. The van der Waals surface area contributed by atoms with Crippen LogP contribution in [0.25, 0.3) is 0 Å². The smallest absolute Gasteiger partial charge is 0.225 e. The van der Waals surface area contributed by atoms with Gasteiger partial charge in [0.25, 0.3) is 0 Å². The van der Waals surface area contributed by atoms with Gasteiger partial charge in [-0.05, 0) is 6.07 Å². The molecule has 84 valence electrons. The van der Waals surface area contributed by atoms with E-state index in [1.807, 2.05) is 24.3 Å². The molecular weight excluding hydrogens is 226 g/mol. The second kappa shape index (κ2) is 4.07. The molecule has 0 unspecified atom stereocenters. The number of nitrogens with zero attached hydrogens (tertiary/aromatic N) is 2. The second-order valence-corrected chi connectivity index (χ2v) is 5.10. The molecule has 1 aliphatic heterocycles. The van der Waals surface area contributed by atoms with Crippen molar-refractivity contribution in [1.29, 1.82) is 0 Å². The molecule has 0 aromatic heterocycles. The Labute approximate surface area is 94.1 Å². The van der Waals surface area contributed by atoms with Crippen molar-refractivity contribution < 1.29 is 8.42 Å². The van der Waals surface area contributed by atoms with E-state index in [4.69, 9.17) is 0 Å². The molecule has 0 bridgehead atoms. The maximum absolute atomic E-state index is 11.2. The van der Waals surface area contributed by atoms with E-state index >= 15 is 0 Å². The van der Waals surface area contributed by atoms with Crippen molar-refractivity contribution in [2.24, 2.45) is 4.99 Å². The first-order chi connectivity index (χ1) is 7.56. The zero-order valence-corrected chi connectivity index (χ0v) is 9.48. The fourth-order valence-corrected chi connectivity index (χ4v) is 1.90. The van der Waals surface area contributed by atoms with Crippen molar-refractivity contribution in [1.82, 2.24) is 4.83 Å². The number of para-hydroxylation sites is 1. The monoisotopic (exact) mass is 237 g/mol. The summed E-state index contributed by atoms with van der Waals surface area (Å²) < 4.78 is 22.4. The first-order valence-corrected chi connectivity index (χ1v) is 6.51. The van der Waals surface area contributed by atoms with Gasteiger partial charge in [0.15, 0.2) is 0 Å². The van der Waals surface area contributed by atoms with Crippen LogP contribution in [0.3, 0.4) is 0 Å². The van der Waals surface area contributed by atoms with Crippen LogP contribution in [0.15, 0.2) is 41.7 Å². The minimum Gasteiger partial charge on any atom is -0.268 e. The third kappa shape index (κ3) is 2.47. The predicted molar refractivity (Wildman–Crippen MR) is 63.6 cm³/mol. The molecule has 5 nitrogen and oxygen atoms in total. The Morgan fingerprint density at radius 2 is 2.06 bits per heavy atom.